The molecule has 0 heteroatoms. The highest BCUT2D eigenvalue weighted by molar-refractivity contribution is 5.44. The van der Waals surface area contributed by atoms with Crippen LogP contribution in [0.15, 0.2) is 24.5 Å². The summed E-state index contributed by atoms with van der Waals surface area (Å²) < 4.78 is 0. The highest BCUT2D eigenvalue weighted by Gasteiger charge is 2.05. The number of hydrogen-bond donors (Lipinski definition) is 0. The van der Waals surface area contributed by atoms with Gasteiger partial charge in [-0.2, -0.15) is 0 Å². The molecule has 0 unspecified atom stereocenters. The molecule has 0 aliphatic carbocycles. The molecule has 0 bridgehead atoms. The Bertz CT molecular complexity index is 391. The first-order valence-electron chi connectivity index (χ1n) is 4.98. The molecule has 0 saturated carbocycles. The Kier molecular flexibility index (Phi) is 3.33. The van der Waals surface area contributed by atoms with E-state index in [1.165, 1.54) is 27.8 Å². The highest BCUT2D eigenvalue weighted by Crippen LogP contribution is 2.21. The Hall–Kier alpha value is -1.26. The Morgan fingerprint density at radius 2 is 1.79 bits per heavy atom. The minimum Gasteiger partial charge on any atom is -0.133 e. The smallest absolute Gasteiger partial charge is 0.00161 e. The van der Waals surface area contributed by atoms with E-state index in [-0.39, 0.29) is 0 Å². The predicted octanol–water partition coefficient (Wildman–Crippen LogP) is 3.80. The van der Waals surface area contributed by atoms with Gasteiger partial charge in [-0.3, -0.25) is 0 Å². The van der Waals surface area contributed by atoms with Crippen molar-refractivity contribution in [3.05, 3.63) is 52.3 Å². The SMILES string of the molecule is C=C=CCc1c(C)cc(C)c(C)c1C. The second kappa shape index (κ2) is 4.30. The van der Waals surface area contributed by atoms with E-state index in [0.717, 1.165) is 6.42 Å². The second-order valence-electron chi connectivity index (χ2n) is 3.85. The van der Waals surface area contributed by atoms with Crippen molar-refractivity contribution in [2.75, 3.05) is 0 Å². The Labute approximate surface area is 87.0 Å². The maximum Gasteiger partial charge on any atom is -0.00161 e. The van der Waals surface area contributed by atoms with E-state index in [0.29, 0.717) is 0 Å². The number of hydrogen-bond acceptors (Lipinski definition) is 0. The zero-order valence-electron chi connectivity index (χ0n) is 9.57. The van der Waals surface area contributed by atoms with Crippen molar-refractivity contribution >= 4 is 0 Å². The van der Waals surface area contributed by atoms with Gasteiger partial charge in [0.25, 0.3) is 0 Å². The molecule has 0 radical (unpaired) electrons. The van der Waals surface area contributed by atoms with E-state index in [9.17, 15) is 0 Å². The van der Waals surface area contributed by atoms with Gasteiger partial charge in [-0.25, -0.2) is 0 Å². The third-order valence-corrected chi connectivity index (χ3v) is 2.97. The van der Waals surface area contributed by atoms with Gasteiger partial charge in [0.05, 0.1) is 0 Å². The Morgan fingerprint density at radius 3 is 2.36 bits per heavy atom. The topological polar surface area (TPSA) is 0 Å². The lowest BCUT2D eigenvalue weighted by Gasteiger charge is -2.13. The van der Waals surface area contributed by atoms with E-state index < -0.39 is 0 Å². The van der Waals surface area contributed by atoms with Crippen LogP contribution in [0.5, 0.6) is 0 Å². The molecule has 0 nitrogen and oxygen atoms in total. The van der Waals surface area contributed by atoms with Crippen molar-refractivity contribution in [2.24, 2.45) is 0 Å². The number of benzene rings is 1. The van der Waals surface area contributed by atoms with Gasteiger partial charge in [-0.05, 0) is 68.0 Å². The number of rotatable bonds is 2. The molecule has 0 fully saturated rings. The van der Waals surface area contributed by atoms with Crippen LogP contribution < -0.4 is 0 Å². The minimum absolute atomic E-state index is 0.947. The molecule has 14 heavy (non-hydrogen) atoms. The lowest BCUT2D eigenvalue weighted by Crippen LogP contribution is -1.97. The van der Waals surface area contributed by atoms with Crippen LogP contribution in [0.3, 0.4) is 0 Å². The summed E-state index contributed by atoms with van der Waals surface area (Å²) in [5, 5.41) is 0. The van der Waals surface area contributed by atoms with Gasteiger partial charge < -0.3 is 0 Å². The van der Waals surface area contributed by atoms with Crippen LogP contribution in [-0.2, 0) is 6.42 Å². The third-order valence-electron chi connectivity index (χ3n) is 2.97. The summed E-state index contributed by atoms with van der Waals surface area (Å²) in [7, 11) is 0. The maximum atomic E-state index is 3.59. The quantitative estimate of drug-likeness (QED) is 0.616. The number of allylic oxidation sites excluding steroid dienone is 1. The summed E-state index contributed by atoms with van der Waals surface area (Å²) in [5.41, 5.74) is 9.82. The molecular weight excluding hydrogens is 168 g/mol. The molecule has 0 aliphatic heterocycles. The summed E-state index contributed by atoms with van der Waals surface area (Å²) in [6.07, 6.45) is 2.94. The van der Waals surface area contributed by atoms with Crippen molar-refractivity contribution in [1.82, 2.24) is 0 Å². The van der Waals surface area contributed by atoms with Gasteiger partial charge in [0.2, 0.25) is 0 Å². The van der Waals surface area contributed by atoms with E-state index in [2.05, 4.69) is 46.1 Å². The van der Waals surface area contributed by atoms with Crippen LogP contribution in [0.4, 0.5) is 0 Å². The van der Waals surface area contributed by atoms with Gasteiger partial charge in [-0.1, -0.05) is 12.6 Å². The van der Waals surface area contributed by atoms with Gasteiger partial charge in [-0.15, -0.1) is 5.73 Å². The van der Waals surface area contributed by atoms with E-state index in [1.807, 2.05) is 6.08 Å². The molecule has 1 rings (SSSR count). The predicted molar refractivity (Wildman–Crippen MR) is 62.8 cm³/mol. The van der Waals surface area contributed by atoms with Crippen molar-refractivity contribution in [3.63, 3.8) is 0 Å². The van der Waals surface area contributed by atoms with Crippen molar-refractivity contribution in [2.45, 2.75) is 34.1 Å². The average Bonchev–Trinajstić information content (AvgIpc) is 2.14. The molecule has 0 aliphatic rings. The molecule has 0 amide bonds. The lowest BCUT2D eigenvalue weighted by atomic mass is 9.92. The largest absolute Gasteiger partial charge is 0.133 e. The van der Waals surface area contributed by atoms with Crippen LogP contribution in [0, 0.1) is 27.7 Å². The van der Waals surface area contributed by atoms with Crippen LogP contribution in [0.2, 0.25) is 0 Å². The zero-order valence-corrected chi connectivity index (χ0v) is 9.57. The van der Waals surface area contributed by atoms with Gasteiger partial charge in [0, 0.05) is 0 Å². The molecule has 1 aromatic carbocycles. The maximum absolute atomic E-state index is 3.59. The van der Waals surface area contributed by atoms with Gasteiger partial charge in [0.1, 0.15) is 0 Å². The van der Waals surface area contributed by atoms with Crippen molar-refractivity contribution in [1.29, 1.82) is 0 Å². The summed E-state index contributed by atoms with van der Waals surface area (Å²) >= 11 is 0. The molecule has 0 N–H and O–H groups in total. The number of aryl methyl sites for hydroxylation is 2. The summed E-state index contributed by atoms with van der Waals surface area (Å²) in [5.74, 6) is 0. The lowest BCUT2D eigenvalue weighted by molar-refractivity contribution is 1.12. The fourth-order valence-corrected chi connectivity index (χ4v) is 1.83. The fourth-order valence-electron chi connectivity index (χ4n) is 1.83. The Balaban J connectivity index is 3.28. The first kappa shape index (κ1) is 10.8. The first-order chi connectivity index (χ1) is 6.57. The Morgan fingerprint density at radius 1 is 1.14 bits per heavy atom. The summed E-state index contributed by atoms with van der Waals surface area (Å²) in [6.45, 7) is 12.3. The van der Waals surface area contributed by atoms with Gasteiger partial charge >= 0.3 is 0 Å². The summed E-state index contributed by atoms with van der Waals surface area (Å²) in [6, 6.07) is 2.26. The average molecular weight is 186 g/mol. The first-order valence-corrected chi connectivity index (χ1v) is 4.98. The van der Waals surface area contributed by atoms with Crippen LogP contribution >= 0.6 is 0 Å². The second-order valence-corrected chi connectivity index (χ2v) is 3.85. The molecule has 0 atom stereocenters. The molecule has 0 heterocycles. The van der Waals surface area contributed by atoms with Crippen LogP contribution in [-0.4, -0.2) is 0 Å². The zero-order chi connectivity index (χ0) is 10.7. The molecule has 74 valence electrons. The van der Waals surface area contributed by atoms with Gasteiger partial charge in [0.15, 0.2) is 0 Å². The molecule has 0 saturated heterocycles. The molecule has 0 aromatic heterocycles. The fraction of sp³-hybridized carbons (Fsp3) is 0.357. The van der Waals surface area contributed by atoms with E-state index >= 15 is 0 Å². The minimum atomic E-state index is 0.947. The molecular formula is C14H18. The van der Waals surface area contributed by atoms with Crippen molar-refractivity contribution in [3.8, 4) is 0 Å². The highest BCUT2D eigenvalue weighted by atomic mass is 14.1. The molecule has 0 spiro atoms. The third kappa shape index (κ3) is 1.97. The summed E-state index contributed by atoms with van der Waals surface area (Å²) in [4.78, 5) is 0. The monoisotopic (exact) mass is 186 g/mol. The van der Waals surface area contributed by atoms with E-state index in [1.54, 1.807) is 0 Å². The molecule has 1 aromatic rings. The van der Waals surface area contributed by atoms with Crippen LogP contribution in [0.25, 0.3) is 0 Å². The standard InChI is InChI=1S/C14H18/c1-6-7-8-14-11(3)9-10(2)12(4)13(14)5/h7,9H,1,8H2,2-5H3. The van der Waals surface area contributed by atoms with Crippen LogP contribution in [0.1, 0.15) is 27.8 Å². The normalized spacial score (nSPS) is 9.71. The van der Waals surface area contributed by atoms with Crippen molar-refractivity contribution < 1.29 is 0 Å². The van der Waals surface area contributed by atoms with E-state index in [4.69, 9.17) is 0 Å².